The summed E-state index contributed by atoms with van der Waals surface area (Å²) in [5, 5.41) is 8.83. The molecule has 5 aromatic rings. The Bertz CT molecular complexity index is 1460. The Balaban J connectivity index is 1.49. The molecule has 1 aliphatic heterocycles. The zero-order valence-electron chi connectivity index (χ0n) is 16.7. The number of aromatic nitrogens is 6. The van der Waals surface area contributed by atoms with Gasteiger partial charge in [-0.05, 0) is 36.8 Å². The minimum atomic E-state index is -0.526. The smallest absolute Gasteiger partial charge is 0.258 e. The molecule has 1 atom stereocenters. The van der Waals surface area contributed by atoms with Gasteiger partial charge in [-0.1, -0.05) is 12.1 Å². The Morgan fingerprint density at radius 3 is 3.03 bits per heavy atom. The van der Waals surface area contributed by atoms with E-state index < -0.39 is 12.0 Å². The number of rotatable bonds is 2. The number of fused-ring (bicyclic) bond motifs is 3. The van der Waals surface area contributed by atoms with Crippen LogP contribution in [0.15, 0.2) is 55.1 Å². The first-order chi connectivity index (χ1) is 15.1. The molecule has 6 rings (SSSR count). The van der Waals surface area contributed by atoms with Crippen LogP contribution in [-0.4, -0.2) is 46.5 Å². The van der Waals surface area contributed by atoms with E-state index in [1.54, 1.807) is 40.1 Å². The molecule has 9 heteroatoms. The van der Waals surface area contributed by atoms with Gasteiger partial charge < -0.3 is 9.88 Å². The molecule has 0 spiro atoms. The van der Waals surface area contributed by atoms with Crippen molar-refractivity contribution in [3.63, 3.8) is 0 Å². The summed E-state index contributed by atoms with van der Waals surface area (Å²) in [5.74, 6) is -0.618. The van der Waals surface area contributed by atoms with Gasteiger partial charge in [-0.2, -0.15) is 14.6 Å². The average Bonchev–Trinajstić information content (AvgIpc) is 3.50. The van der Waals surface area contributed by atoms with Crippen LogP contribution < -0.4 is 0 Å². The molecule has 1 N–H and O–H groups in total. The zero-order chi connectivity index (χ0) is 21.1. The lowest BCUT2D eigenvalue weighted by atomic mass is 9.98. The second-order valence-corrected chi connectivity index (χ2v) is 7.77. The summed E-state index contributed by atoms with van der Waals surface area (Å²) in [7, 11) is 0. The number of carbonyl (C=O) groups is 1. The predicted octanol–water partition coefficient (Wildman–Crippen LogP) is 2.94. The molecule has 154 valence electrons. The van der Waals surface area contributed by atoms with Crippen LogP contribution in [0.5, 0.6) is 0 Å². The maximum absolute atomic E-state index is 14.3. The molecule has 0 aromatic carbocycles. The van der Waals surface area contributed by atoms with Gasteiger partial charge in [0, 0.05) is 24.9 Å². The Morgan fingerprint density at radius 2 is 2.16 bits per heavy atom. The molecule has 0 saturated carbocycles. The van der Waals surface area contributed by atoms with E-state index >= 15 is 0 Å². The van der Waals surface area contributed by atoms with Crippen LogP contribution in [0, 0.1) is 12.9 Å². The van der Waals surface area contributed by atoms with Crippen molar-refractivity contribution < 1.29 is 9.18 Å². The van der Waals surface area contributed by atoms with Crippen LogP contribution in [0.2, 0.25) is 0 Å². The number of amides is 1. The highest BCUT2D eigenvalue weighted by Gasteiger charge is 2.37. The Labute approximate surface area is 175 Å². The molecule has 0 radical (unpaired) electrons. The number of pyridine rings is 2. The van der Waals surface area contributed by atoms with E-state index in [1.807, 2.05) is 25.3 Å². The summed E-state index contributed by atoms with van der Waals surface area (Å²) in [6.07, 6.45) is 5.76. The highest BCUT2D eigenvalue weighted by atomic mass is 19.1. The van der Waals surface area contributed by atoms with E-state index in [0.717, 1.165) is 22.5 Å². The second kappa shape index (κ2) is 6.49. The normalized spacial score (nSPS) is 16.2. The maximum Gasteiger partial charge on any atom is 0.258 e. The van der Waals surface area contributed by atoms with Gasteiger partial charge in [0.15, 0.2) is 0 Å². The Morgan fingerprint density at radius 1 is 1.26 bits per heavy atom. The van der Waals surface area contributed by atoms with Crippen LogP contribution in [0.1, 0.15) is 39.0 Å². The van der Waals surface area contributed by atoms with Gasteiger partial charge in [0.1, 0.15) is 6.04 Å². The van der Waals surface area contributed by atoms with E-state index in [4.69, 9.17) is 0 Å². The van der Waals surface area contributed by atoms with Gasteiger partial charge >= 0.3 is 0 Å². The van der Waals surface area contributed by atoms with Crippen LogP contribution in [-0.2, 0) is 6.42 Å². The quantitative estimate of drug-likeness (QED) is 0.450. The lowest BCUT2D eigenvalue weighted by molar-refractivity contribution is 0.0689. The lowest BCUT2D eigenvalue weighted by Crippen LogP contribution is -2.41. The molecule has 0 bridgehead atoms. The van der Waals surface area contributed by atoms with Gasteiger partial charge in [0.05, 0.1) is 40.5 Å². The summed E-state index contributed by atoms with van der Waals surface area (Å²) in [6, 6.07) is 9.91. The summed E-state index contributed by atoms with van der Waals surface area (Å²) >= 11 is 0. The van der Waals surface area contributed by atoms with Gasteiger partial charge in [0.2, 0.25) is 5.95 Å². The summed E-state index contributed by atoms with van der Waals surface area (Å²) in [4.78, 5) is 23.1. The molecular weight excluding hydrogens is 397 g/mol. The molecule has 31 heavy (non-hydrogen) atoms. The number of nitrogens with one attached hydrogen (secondary N) is 1. The van der Waals surface area contributed by atoms with E-state index in [-0.39, 0.29) is 5.91 Å². The van der Waals surface area contributed by atoms with Crippen LogP contribution in [0.3, 0.4) is 0 Å². The number of halogens is 1. The molecule has 5 aromatic heterocycles. The molecule has 0 fully saturated rings. The third-order valence-electron chi connectivity index (χ3n) is 5.82. The third kappa shape index (κ3) is 2.66. The third-order valence-corrected chi connectivity index (χ3v) is 5.82. The summed E-state index contributed by atoms with van der Waals surface area (Å²) in [5.41, 5.74) is 5.19. The van der Waals surface area contributed by atoms with Crippen molar-refractivity contribution in [3.8, 4) is 0 Å². The van der Waals surface area contributed by atoms with Crippen LogP contribution in [0.25, 0.3) is 11.0 Å². The first-order valence-corrected chi connectivity index (χ1v) is 10.0. The number of carbonyl (C=O) groups excluding carboxylic acids is 1. The van der Waals surface area contributed by atoms with Gasteiger partial charge in [-0.3, -0.25) is 4.79 Å². The van der Waals surface area contributed by atoms with Crippen molar-refractivity contribution in [2.75, 3.05) is 6.54 Å². The lowest BCUT2D eigenvalue weighted by Gasteiger charge is -2.33. The molecule has 6 heterocycles. The van der Waals surface area contributed by atoms with Gasteiger partial charge in [-0.25, -0.2) is 14.0 Å². The highest BCUT2D eigenvalue weighted by Crippen LogP contribution is 2.34. The zero-order valence-corrected chi connectivity index (χ0v) is 16.7. The molecule has 8 nitrogen and oxygen atoms in total. The van der Waals surface area contributed by atoms with Crippen molar-refractivity contribution in [1.29, 1.82) is 0 Å². The van der Waals surface area contributed by atoms with Crippen molar-refractivity contribution in [3.05, 3.63) is 89.3 Å². The number of hydrogen-bond acceptors (Lipinski definition) is 4. The number of aromatic amines is 1. The van der Waals surface area contributed by atoms with E-state index in [2.05, 4.69) is 20.2 Å². The average molecular weight is 415 g/mol. The van der Waals surface area contributed by atoms with E-state index in [9.17, 15) is 9.18 Å². The Kier molecular flexibility index (Phi) is 3.73. The molecule has 1 aliphatic rings. The summed E-state index contributed by atoms with van der Waals surface area (Å²) < 4.78 is 17.2. The van der Waals surface area contributed by atoms with Crippen molar-refractivity contribution in [1.82, 2.24) is 34.1 Å². The fourth-order valence-corrected chi connectivity index (χ4v) is 4.34. The van der Waals surface area contributed by atoms with Crippen molar-refractivity contribution >= 4 is 16.9 Å². The van der Waals surface area contributed by atoms with Crippen molar-refractivity contribution in [2.45, 2.75) is 19.4 Å². The number of aryl methyl sites for hydroxylation is 1. The topological polar surface area (TPSA) is 83.6 Å². The maximum atomic E-state index is 14.3. The molecular formula is C22H18FN7O. The van der Waals surface area contributed by atoms with Crippen LogP contribution in [0.4, 0.5) is 4.39 Å². The minimum absolute atomic E-state index is 0.157. The van der Waals surface area contributed by atoms with E-state index in [0.29, 0.717) is 29.7 Å². The largest absolute Gasteiger partial charge is 0.348 e. The fourth-order valence-electron chi connectivity index (χ4n) is 4.34. The first kappa shape index (κ1) is 17.8. The second-order valence-electron chi connectivity index (χ2n) is 7.77. The minimum Gasteiger partial charge on any atom is -0.348 e. The SMILES string of the molecule is Cc1ccc2c(C(=O)N3CCc4[nH]cnc4[C@@H]3c3cc4cccc(F)n4n3)cnn2c1. The first-order valence-electron chi connectivity index (χ1n) is 10.0. The number of imidazole rings is 1. The standard InChI is InChI=1S/C22H18FN7O/c1-13-5-6-18-15(10-26-29(18)11-13)22(31)28-8-7-16-20(25-12-24-16)21(28)17-9-14-3-2-4-19(23)30(14)27-17/h2-6,9-12,21H,7-8H2,1H3,(H,24,25)/t21-/m0/s1. The van der Waals surface area contributed by atoms with Gasteiger partial charge in [0.25, 0.3) is 5.91 Å². The van der Waals surface area contributed by atoms with Gasteiger partial charge in [-0.15, -0.1) is 0 Å². The number of hydrogen-bond donors (Lipinski definition) is 1. The molecule has 0 saturated heterocycles. The highest BCUT2D eigenvalue weighted by molar-refractivity contribution is 6.01. The molecule has 0 aliphatic carbocycles. The van der Waals surface area contributed by atoms with E-state index in [1.165, 1.54) is 10.6 Å². The number of nitrogens with zero attached hydrogens (tertiary/aromatic N) is 6. The molecule has 1 amide bonds. The summed E-state index contributed by atoms with van der Waals surface area (Å²) in [6.45, 7) is 2.46. The number of H-pyrrole nitrogens is 1. The fraction of sp³-hybridized carbons (Fsp3) is 0.182. The predicted molar refractivity (Wildman–Crippen MR) is 110 cm³/mol. The Hall–Kier alpha value is -4.01. The molecule has 0 unspecified atom stereocenters. The monoisotopic (exact) mass is 415 g/mol. The van der Waals surface area contributed by atoms with Crippen molar-refractivity contribution in [2.24, 2.45) is 0 Å². The van der Waals surface area contributed by atoms with Crippen LogP contribution >= 0.6 is 0 Å².